The monoisotopic (exact) mass is 342 g/mol. The Morgan fingerprint density at radius 1 is 1.36 bits per heavy atom. The summed E-state index contributed by atoms with van der Waals surface area (Å²) in [4.78, 5) is 23.2. The number of methoxy groups -OCH3 is 1. The SMILES string of the molecule is COCCn1c(C)cnc1CC1CCCN(C(=O)c2ccncc2)C1. The van der Waals surface area contributed by atoms with E-state index < -0.39 is 0 Å². The minimum atomic E-state index is 0.103. The van der Waals surface area contributed by atoms with Gasteiger partial charge in [0.2, 0.25) is 0 Å². The van der Waals surface area contributed by atoms with E-state index in [0.717, 1.165) is 50.4 Å². The first-order chi connectivity index (χ1) is 12.2. The van der Waals surface area contributed by atoms with Gasteiger partial charge in [0.1, 0.15) is 5.82 Å². The zero-order valence-corrected chi connectivity index (χ0v) is 15.0. The molecular weight excluding hydrogens is 316 g/mol. The molecule has 0 aromatic carbocycles. The molecule has 6 heteroatoms. The largest absolute Gasteiger partial charge is 0.383 e. The first-order valence-corrected chi connectivity index (χ1v) is 8.88. The van der Waals surface area contributed by atoms with Crippen molar-refractivity contribution in [2.75, 3.05) is 26.8 Å². The standard InChI is InChI=1S/C19H26N4O2/c1-15-13-21-18(23(15)10-11-25-2)12-16-4-3-9-22(14-16)19(24)17-5-7-20-8-6-17/h5-8,13,16H,3-4,9-12,14H2,1-2H3. The van der Waals surface area contributed by atoms with Gasteiger partial charge in [0, 0.05) is 63.0 Å². The first kappa shape index (κ1) is 17.6. The summed E-state index contributed by atoms with van der Waals surface area (Å²) in [7, 11) is 1.72. The fraction of sp³-hybridized carbons (Fsp3) is 0.526. The van der Waals surface area contributed by atoms with Gasteiger partial charge in [-0.3, -0.25) is 9.78 Å². The summed E-state index contributed by atoms with van der Waals surface area (Å²) < 4.78 is 7.44. The first-order valence-electron chi connectivity index (χ1n) is 8.88. The van der Waals surface area contributed by atoms with Crippen LogP contribution in [0, 0.1) is 12.8 Å². The molecule has 0 N–H and O–H groups in total. The molecule has 1 amide bonds. The van der Waals surface area contributed by atoms with E-state index in [4.69, 9.17) is 4.74 Å². The number of imidazole rings is 1. The number of ether oxygens (including phenoxy) is 1. The van der Waals surface area contributed by atoms with Gasteiger partial charge in [-0.05, 0) is 37.8 Å². The Kier molecular flexibility index (Phi) is 5.81. The normalized spacial score (nSPS) is 17.7. The maximum atomic E-state index is 12.7. The van der Waals surface area contributed by atoms with Crippen molar-refractivity contribution < 1.29 is 9.53 Å². The second-order valence-corrected chi connectivity index (χ2v) is 6.66. The van der Waals surface area contributed by atoms with Crippen LogP contribution in [-0.4, -0.2) is 52.1 Å². The summed E-state index contributed by atoms with van der Waals surface area (Å²) in [5.41, 5.74) is 1.88. The van der Waals surface area contributed by atoms with Crippen molar-refractivity contribution >= 4 is 5.91 Å². The number of carbonyl (C=O) groups is 1. The van der Waals surface area contributed by atoms with Crippen LogP contribution in [0.4, 0.5) is 0 Å². The molecule has 2 aromatic rings. The van der Waals surface area contributed by atoms with Gasteiger partial charge in [0.25, 0.3) is 5.91 Å². The number of aromatic nitrogens is 3. The molecule has 6 nitrogen and oxygen atoms in total. The van der Waals surface area contributed by atoms with E-state index in [1.807, 2.05) is 11.1 Å². The lowest BCUT2D eigenvalue weighted by Crippen LogP contribution is -2.40. The quantitative estimate of drug-likeness (QED) is 0.808. The molecule has 1 aliphatic rings. The van der Waals surface area contributed by atoms with Crippen molar-refractivity contribution in [2.24, 2.45) is 5.92 Å². The second kappa shape index (κ2) is 8.25. The molecule has 3 rings (SSSR count). The number of nitrogens with zero attached hydrogens (tertiary/aromatic N) is 4. The van der Waals surface area contributed by atoms with Gasteiger partial charge < -0.3 is 14.2 Å². The summed E-state index contributed by atoms with van der Waals surface area (Å²) in [5.74, 6) is 1.64. The molecule has 134 valence electrons. The van der Waals surface area contributed by atoms with Gasteiger partial charge in [-0.25, -0.2) is 4.98 Å². The number of carbonyl (C=O) groups excluding carboxylic acids is 1. The molecular formula is C19H26N4O2. The average Bonchev–Trinajstić information content (AvgIpc) is 3.00. The third-order valence-electron chi connectivity index (χ3n) is 4.86. The molecule has 2 aromatic heterocycles. The highest BCUT2D eigenvalue weighted by Gasteiger charge is 2.25. The van der Waals surface area contributed by atoms with Gasteiger partial charge in [-0.15, -0.1) is 0 Å². The number of pyridine rings is 1. The highest BCUT2D eigenvalue weighted by Crippen LogP contribution is 2.22. The van der Waals surface area contributed by atoms with E-state index in [0.29, 0.717) is 18.1 Å². The van der Waals surface area contributed by atoms with Crippen LogP contribution >= 0.6 is 0 Å². The summed E-state index contributed by atoms with van der Waals surface area (Å²) in [5, 5.41) is 0. The molecule has 1 atom stereocenters. The van der Waals surface area contributed by atoms with Crippen LogP contribution in [0.2, 0.25) is 0 Å². The molecule has 0 spiro atoms. The number of aryl methyl sites for hydroxylation is 1. The van der Waals surface area contributed by atoms with Crippen LogP contribution in [0.3, 0.4) is 0 Å². The molecule has 1 unspecified atom stereocenters. The van der Waals surface area contributed by atoms with Crippen molar-refractivity contribution in [3.05, 3.63) is 47.8 Å². The van der Waals surface area contributed by atoms with Crippen LogP contribution in [0.1, 0.15) is 34.7 Å². The van der Waals surface area contributed by atoms with Crippen molar-refractivity contribution in [1.82, 2.24) is 19.4 Å². The minimum absolute atomic E-state index is 0.103. The number of likely N-dealkylation sites (tertiary alicyclic amines) is 1. The van der Waals surface area contributed by atoms with Crippen LogP contribution in [-0.2, 0) is 17.7 Å². The van der Waals surface area contributed by atoms with Crippen molar-refractivity contribution in [3.63, 3.8) is 0 Å². The fourth-order valence-corrected chi connectivity index (χ4v) is 3.51. The van der Waals surface area contributed by atoms with E-state index in [1.165, 1.54) is 0 Å². The molecule has 3 heterocycles. The zero-order chi connectivity index (χ0) is 17.6. The van der Waals surface area contributed by atoms with Crippen molar-refractivity contribution in [1.29, 1.82) is 0 Å². The lowest BCUT2D eigenvalue weighted by Gasteiger charge is -2.33. The number of rotatable bonds is 6. The molecule has 1 aliphatic heterocycles. The Morgan fingerprint density at radius 2 is 2.16 bits per heavy atom. The van der Waals surface area contributed by atoms with Gasteiger partial charge in [-0.2, -0.15) is 0 Å². The van der Waals surface area contributed by atoms with Gasteiger partial charge in [0.05, 0.1) is 6.61 Å². The predicted molar refractivity (Wildman–Crippen MR) is 95.4 cm³/mol. The van der Waals surface area contributed by atoms with Crippen LogP contribution in [0.25, 0.3) is 0 Å². The average molecular weight is 342 g/mol. The van der Waals surface area contributed by atoms with Crippen molar-refractivity contribution in [3.8, 4) is 0 Å². The molecule has 1 saturated heterocycles. The third-order valence-corrected chi connectivity index (χ3v) is 4.86. The number of hydrogen-bond acceptors (Lipinski definition) is 4. The molecule has 0 bridgehead atoms. The molecule has 0 saturated carbocycles. The maximum absolute atomic E-state index is 12.7. The van der Waals surface area contributed by atoms with E-state index in [9.17, 15) is 4.79 Å². The Hall–Kier alpha value is -2.21. The highest BCUT2D eigenvalue weighted by atomic mass is 16.5. The maximum Gasteiger partial charge on any atom is 0.253 e. The lowest BCUT2D eigenvalue weighted by atomic mass is 9.94. The van der Waals surface area contributed by atoms with E-state index in [2.05, 4.69) is 21.5 Å². The highest BCUT2D eigenvalue weighted by molar-refractivity contribution is 5.94. The van der Waals surface area contributed by atoms with Crippen LogP contribution in [0.5, 0.6) is 0 Å². The Balaban J connectivity index is 1.65. The third kappa shape index (κ3) is 4.25. The summed E-state index contributed by atoms with van der Waals surface area (Å²) >= 11 is 0. The minimum Gasteiger partial charge on any atom is -0.383 e. The lowest BCUT2D eigenvalue weighted by molar-refractivity contribution is 0.0671. The van der Waals surface area contributed by atoms with Crippen LogP contribution in [0.15, 0.2) is 30.7 Å². The summed E-state index contributed by atoms with van der Waals surface area (Å²) in [6.07, 6.45) is 8.34. The number of amides is 1. The van der Waals surface area contributed by atoms with E-state index in [-0.39, 0.29) is 5.91 Å². The molecule has 0 radical (unpaired) electrons. The predicted octanol–water partition coefficient (Wildman–Crippen LogP) is 2.33. The number of hydrogen-bond donors (Lipinski definition) is 0. The molecule has 0 aliphatic carbocycles. The fourth-order valence-electron chi connectivity index (χ4n) is 3.51. The smallest absolute Gasteiger partial charge is 0.253 e. The van der Waals surface area contributed by atoms with Gasteiger partial charge >= 0.3 is 0 Å². The number of piperidine rings is 1. The second-order valence-electron chi connectivity index (χ2n) is 6.66. The molecule has 1 fully saturated rings. The Labute approximate surface area is 148 Å². The summed E-state index contributed by atoms with van der Waals surface area (Å²) in [6, 6.07) is 3.57. The Morgan fingerprint density at radius 3 is 2.92 bits per heavy atom. The summed E-state index contributed by atoms with van der Waals surface area (Å²) in [6.45, 7) is 5.20. The van der Waals surface area contributed by atoms with Crippen molar-refractivity contribution in [2.45, 2.75) is 32.7 Å². The van der Waals surface area contributed by atoms with Crippen LogP contribution < -0.4 is 0 Å². The van der Waals surface area contributed by atoms with Gasteiger partial charge in [-0.1, -0.05) is 0 Å². The van der Waals surface area contributed by atoms with E-state index >= 15 is 0 Å². The zero-order valence-electron chi connectivity index (χ0n) is 15.0. The van der Waals surface area contributed by atoms with Gasteiger partial charge in [0.15, 0.2) is 0 Å². The molecule has 25 heavy (non-hydrogen) atoms. The topological polar surface area (TPSA) is 60.2 Å². The van der Waals surface area contributed by atoms with E-state index in [1.54, 1.807) is 31.6 Å². The Bertz CT molecular complexity index is 699.